The van der Waals surface area contributed by atoms with Gasteiger partial charge in [-0.3, -0.25) is 19.5 Å². The first kappa shape index (κ1) is 26.7. The molecule has 1 aromatic heterocycles. The zero-order valence-electron chi connectivity index (χ0n) is 22.1. The van der Waals surface area contributed by atoms with E-state index in [4.69, 9.17) is 4.74 Å². The van der Waals surface area contributed by atoms with Gasteiger partial charge in [0.1, 0.15) is 11.4 Å². The molecule has 3 aromatic carbocycles. The summed E-state index contributed by atoms with van der Waals surface area (Å²) in [4.78, 5) is 41.7. The van der Waals surface area contributed by atoms with Gasteiger partial charge < -0.3 is 4.74 Å². The van der Waals surface area contributed by atoms with Crippen LogP contribution in [0.15, 0.2) is 71.5 Å². The molecule has 8 heteroatoms. The monoisotopic (exact) mass is 513 g/mol. The minimum Gasteiger partial charge on any atom is -0.456 e. The lowest BCUT2D eigenvalue weighted by atomic mass is 9.98. The van der Waals surface area contributed by atoms with Crippen molar-refractivity contribution >= 4 is 22.6 Å². The SMILES string of the molecule is CCCCc1nc2ccc([N+](=O)[O-])cc2c(=O)n1Cc1ccc(-c2ccccc2C(=O)OC(C)(C)C)cc1. The molecule has 0 aliphatic carbocycles. The van der Waals surface area contributed by atoms with Crippen LogP contribution in [0.3, 0.4) is 0 Å². The number of aromatic nitrogens is 2. The zero-order chi connectivity index (χ0) is 27.4. The number of nitrogens with zero attached hydrogens (tertiary/aromatic N) is 3. The third kappa shape index (κ3) is 5.96. The molecule has 0 aliphatic rings. The van der Waals surface area contributed by atoms with Crippen LogP contribution in [-0.2, 0) is 17.7 Å². The lowest BCUT2D eigenvalue weighted by Crippen LogP contribution is -2.26. The van der Waals surface area contributed by atoms with Gasteiger partial charge in [-0.25, -0.2) is 9.78 Å². The number of esters is 1. The number of fused-ring (bicyclic) bond motifs is 1. The fourth-order valence-corrected chi connectivity index (χ4v) is 4.28. The number of benzene rings is 3. The summed E-state index contributed by atoms with van der Waals surface area (Å²) in [6, 6.07) is 19.1. The third-order valence-corrected chi connectivity index (χ3v) is 6.13. The van der Waals surface area contributed by atoms with Gasteiger partial charge in [-0.2, -0.15) is 0 Å². The Hall–Kier alpha value is -4.33. The van der Waals surface area contributed by atoms with Crippen molar-refractivity contribution < 1.29 is 14.5 Å². The first-order valence-electron chi connectivity index (χ1n) is 12.7. The molecule has 0 bridgehead atoms. The Morgan fingerprint density at radius 2 is 1.76 bits per heavy atom. The van der Waals surface area contributed by atoms with E-state index < -0.39 is 10.5 Å². The van der Waals surface area contributed by atoms with Gasteiger partial charge in [0.2, 0.25) is 0 Å². The summed E-state index contributed by atoms with van der Waals surface area (Å²) < 4.78 is 7.18. The van der Waals surface area contributed by atoms with Crippen LogP contribution < -0.4 is 5.56 Å². The molecular formula is C30H31N3O5. The molecule has 0 radical (unpaired) electrons. The lowest BCUT2D eigenvalue weighted by Gasteiger charge is -2.20. The van der Waals surface area contributed by atoms with Gasteiger partial charge in [-0.15, -0.1) is 0 Å². The van der Waals surface area contributed by atoms with Gasteiger partial charge >= 0.3 is 5.97 Å². The second-order valence-electron chi connectivity index (χ2n) is 10.2. The van der Waals surface area contributed by atoms with Gasteiger partial charge in [0.05, 0.1) is 27.9 Å². The summed E-state index contributed by atoms with van der Waals surface area (Å²) in [5.74, 6) is 0.262. The Morgan fingerprint density at radius 3 is 2.42 bits per heavy atom. The van der Waals surface area contributed by atoms with E-state index in [9.17, 15) is 19.7 Å². The highest BCUT2D eigenvalue weighted by Gasteiger charge is 2.21. The number of hydrogen-bond acceptors (Lipinski definition) is 6. The molecule has 38 heavy (non-hydrogen) atoms. The molecule has 0 unspecified atom stereocenters. The quantitative estimate of drug-likeness (QED) is 0.155. The number of aryl methyl sites for hydroxylation is 1. The Morgan fingerprint density at radius 1 is 1.05 bits per heavy atom. The molecule has 0 saturated heterocycles. The van der Waals surface area contributed by atoms with Crippen molar-refractivity contribution in [2.24, 2.45) is 0 Å². The summed E-state index contributed by atoms with van der Waals surface area (Å²) >= 11 is 0. The lowest BCUT2D eigenvalue weighted by molar-refractivity contribution is -0.384. The average molecular weight is 514 g/mol. The maximum absolute atomic E-state index is 13.5. The van der Waals surface area contributed by atoms with Crippen molar-refractivity contribution in [3.63, 3.8) is 0 Å². The molecule has 0 fully saturated rings. The number of ether oxygens (including phenoxy) is 1. The number of hydrogen-bond donors (Lipinski definition) is 0. The molecule has 4 rings (SSSR count). The first-order valence-corrected chi connectivity index (χ1v) is 12.7. The number of carbonyl (C=O) groups excluding carboxylic acids is 1. The third-order valence-electron chi connectivity index (χ3n) is 6.13. The Bertz CT molecular complexity index is 1550. The Balaban J connectivity index is 1.70. The first-order chi connectivity index (χ1) is 18.1. The Labute approximate surface area is 221 Å². The summed E-state index contributed by atoms with van der Waals surface area (Å²) in [5, 5.41) is 11.5. The van der Waals surface area contributed by atoms with Crippen LogP contribution in [0.4, 0.5) is 5.69 Å². The van der Waals surface area contributed by atoms with E-state index in [0.29, 0.717) is 23.3 Å². The summed E-state index contributed by atoms with van der Waals surface area (Å²) in [5.41, 5.74) is 2.36. The molecule has 8 nitrogen and oxygen atoms in total. The van der Waals surface area contributed by atoms with Crippen molar-refractivity contribution in [2.45, 2.75) is 59.1 Å². The molecule has 196 valence electrons. The van der Waals surface area contributed by atoms with Crippen molar-refractivity contribution in [3.8, 4) is 11.1 Å². The largest absolute Gasteiger partial charge is 0.456 e. The van der Waals surface area contributed by atoms with Gasteiger partial charge in [-0.05, 0) is 56.0 Å². The second-order valence-corrected chi connectivity index (χ2v) is 10.2. The van der Waals surface area contributed by atoms with Crippen molar-refractivity contribution in [1.29, 1.82) is 0 Å². The highest BCUT2D eigenvalue weighted by Crippen LogP contribution is 2.26. The molecule has 4 aromatic rings. The average Bonchev–Trinajstić information content (AvgIpc) is 2.88. The van der Waals surface area contributed by atoms with E-state index in [1.807, 2.05) is 57.2 Å². The van der Waals surface area contributed by atoms with Crippen LogP contribution in [0.2, 0.25) is 0 Å². The van der Waals surface area contributed by atoms with E-state index in [2.05, 4.69) is 11.9 Å². The fourth-order valence-electron chi connectivity index (χ4n) is 4.28. The molecule has 0 N–H and O–H groups in total. The van der Waals surface area contributed by atoms with E-state index in [0.717, 1.165) is 29.5 Å². The van der Waals surface area contributed by atoms with E-state index in [-0.39, 0.29) is 29.1 Å². The van der Waals surface area contributed by atoms with Crippen molar-refractivity contribution in [2.75, 3.05) is 0 Å². The number of nitro benzene ring substituents is 1. The minimum atomic E-state index is -0.606. The van der Waals surface area contributed by atoms with Crippen LogP contribution >= 0.6 is 0 Å². The normalized spacial score (nSPS) is 11.5. The maximum Gasteiger partial charge on any atom is 0.339 e. The van der Waals surface area contributed by atoms with Crippen LogP contribution in [0.25, 0.3) is 22.0 Å². The van der Waals surface area contributed by atoms with Gasteiger partial charge in [-0.1, -0.05) is 55.8 Å². The summed E-state index contributed by atoms with van der Waals surface area (Å²) in [6.07, 6.45) is 2.44. The van der Waals surface area contributed by atoms with E-state index >= 15 is 0 Å². The van der Waals surface area contributed by atoms with Crippen LogP contribution in [0.1, 0.15) is 62.3 Å². The number of non-ortho nitro benzene ring substituents is 1. The molecule has 0 spiro atoms. The van der Waals surface area contributed by atoms with E-state index in [1.54, 1.807) is 16.7 Å². The molecule has 0 amide bonds. The molecule has 0 aliphatic heterocycles. The molecule has 0 saturated carbocycles. The van der Waals surface area contributed by atoms with Gasteiger partial charge in [0.25, 0.3) is 11.2 Å². The smallest absolute Gasteiger partial charge is 0.339 e. The van der Waals surface area contributed by atoms with Crippen LogP contribution in [0.5, 0.6) is 0 Å². The highest BCUT2D eigenvalue weighted by molar-refractivity contribution is 5.97. The van der Waals surface area contributed by atoms with Gasteiger partial charge in [0, 0.05) is 18.6 Å². The zero-order valence-corrected chi connectivity index (χ0v) is 22.1. The second kappa shape index (κ2) is 11.0. The predicted molar refractivity (Wildman–Crippen MR) is 147 cm³/mol. The van der Waals surface area contributed by atoms with Crippen molar-refractivity contribution in [1.82, 2.24) is 9.55 Å². The standard InChI is InChI=1S/C30H31N3O5/c1-5-6-11-27-31-26-17-16-22(33(36)37)18-25(26)28(34)32(27)19-20-12-14-21(15-13-20)23-9-7-8-10-24(23)29(35)38-30(2,3)4/h7-10,12-18H,5-6,11,19H2,1-4H3. The number of rotatable bonds is 8. The highest BCUT2D eigenvalue weighted by atomic mass is 16.6. The molecule has 1 heterocycles. The predicted octanol–water partition coefficient (Wildman–Crippen LogP) is 6.32. The van der Waals surface area contributed by atoms with Crippen LogP contribution in [0, 0.1) is 10.1 Å². The Kier molecular flexibility index (Phi) is 7.71. The number of nitro groups is 1. The summed E-state index contributed by atoms with van der Waals surface area (Å²) in [7, 11) is 0. The number of carbonyl (C=O) groups is 1. The minimum absolute atomic E-state index is 0.141. The van der Waals surface area contributed by atoms with Crippen LogP contribution in [-0.4, -0.2) is 26.0 Å². The fraction of sp³-hybridized carbons (Fsp3) is 0.300. The van der Waals surface area contributed by atoms with Gasteiger partial charge in [0.15, 0.2) is 0 Å². The maximum atomic E-state index is 13.5. The number of unbranched alkanes of at least 4 members (excludes halogenated alkanes) is 1. The summed E-state index contributed by atoms with van der Waals surface area (Å²) in [6.45, 7) is 7.84. The molecule has 0 atom stereocenters. The van der Waals surface area contributed by atoms with Crippen molar-refractivity contribution in [3.05, 3.63) is 104 Å². The topological polar surface area (TPSA) is 104 Å². The molecular weight excluding hydrogens is 482 g/mol. The van der Waals surface area contributed by atoms with E-state index in [1.165, 1.54) is 18.2 Å².